The van der Waals surface area contributed by atoms with Crippen LogP contribution in [0, 0.1) is 6.92 Å². The third kappa shape index (κ3) is 1.80. The second-order valence-corrected chi connectivity index (χ2v) is 5.19. The molecule has 0 aliphatic carbocycles. The van der Waals surface area contributed by atoms with Gasteiger partial charge >= 0.3 is 0 Å². The molecule has 84 valence electrons. The third-order valence-electron chi connectivity index (χ3n) is 2.72. The Morgan fingerprint density at radius 3 is 2.56 bits per heavy atom. The Morgan fingerprint density at radius 1 is 1.25 bits per heavy atom. The molecule has 1 aromatic heterocycles. The van der Waals surface area contributed by atoms with E-state index in [-0.39, 0.29) is 5.43 Å². The van der Waals surface area contributed by atoms with Gasteiger partial charge in [0.1, 0.15) is 0 Å². The Bertz CT molecular complexity index is 599. The number of benzene rings is 1. The van der Waals surface area contributed by atoms with Crippen molar-refractivity contribution in [2.75, 3.05) is 0 Å². The summed E-state index contributed by atoms with van der Waals surface area (Å²) >= 11 is 3.45. The van der Waals surface area contributed by atoms with E-state index in [1.165, 1.54) is 0 Å². The van der Waals surface area contributed by atoms with E-state index in [1.54, 1.807) is 6.07 Å². The monoisotopic (exact) mass is 279 g/mol. The van der Waals surface area contributed by atoms with Gasteiger partial charge in [-0.2, -0.15) is 0 Å². The van der Waals surface area contributed by atoms with Crippen LogP contribution in [-0.4, -0.2) is 4.57 Å². The fraction of sp³-hybridized carbons (Fsp3) is 0.308. The number of halogens is 1. The number of aromatic nitrogens is 1. The normalized spacial score (nSPS) is 11.3. The van der Waals surface area contributed by atoms with Gasteiger partial charge in [0.25, 0.3) is 0 Å². The summed E-state index contributed by atoms with van der Waals surface area (Å²) in [5.74, 6) is 0. The summed E-state index contributed by atoms with van der Waals surface area (Å²) in [7, 11) is 0. The molecule has 0 N–H and O–H groups in total. The molecule has 2 nitrogen and oxygen atoms in total. The number of pyridine rings is 1. The number of nitrogens with zero attached hydrogens (tertiary/aromatic N) is 1. The smallest absolute Gasteiger partial charge is 0.189 e. The molecule has 2 aromatic rings. The van der Waals surface area contributed by atoms with Gasteiger partial charge in [-0.1, -0.05) is 15.9 Å². The average molecular weight is 280 g/mol. The zero-order valence-electron chi connectivity index (χ0n) is 9.62. The zero-order valence-corrected chi connectivity index (χ0v) is 11.2. The number of fused-ring (bicyclic) bond motifs is 1. The molecule has 16 heavy (non-hydrogen) atoms. The Hall–Kier alpha value is -1.09. The van der Waals surface area contributed by atoms with Crippen molar-refractivity contribution in [2.45, 2.75) is 26.8 Å². The van der Waals surface area contributed by atoms with Crippen LogP contribution in [-0.2, 0) is 0 Å². The molecule has 0 fully saturated rings. The fourth-order valence-corrected chi connectivity index (χ4v) is 2.47. The summed E-state index contributed by atoms with van der Waals surface area (Å²) in [4.78, 5) is 11.9. The summed E-state index contributed by atoms with van der Waals surface area (Å²) in [5, 5.41) is 0.780. The van der Waals surface area contributed by atoms with E-state index < -0.39 is 0 Å². The molecule has 0 radical (unpaired) electrons. The lowest BCUT2D eigenvalue weighted by molar-refractivity contribution is 0.602. The lowest BCUT2D eigenvalue weighted by Gasteiger charge is -2.18. The maximum Gasteiger partial charge on any atom is 0.189 e. The third-order valence-corrected chi connectivity index (χ3v) is 3.21. The highest BCUT2D eigenvalue weighted by molar-refractivity contribution is 9.10. The number of aryl methyl sites for hydroxylation is 1. The minimum absolute atomic E-state index is 0.0944. The van der Waals surface area contributed by atoms with Crippen molar-refractivity contribution in [3.05, 3.63) is 44.7 Å². The quantitative estimate of drug-likeness (QED) is 0.781. The van der Waals surface area contributed by atoms with Gasteiger partial charge in [0.05, 0.1) is 5.52 Å². The van der Waals surface area contributed by atoms with Crippen LogP contribution >= 0.6 is 15.9 Å². The Labute approximate surface area is 103 Å². The predicted molar refractivity (Wildman–Crippen MR) is 71.0 cm³/mol. The Balaban J connectivity index is 2.98. The molecule has 1 aromatic carbocycles. The highest BCUT2D eigenvalue weighted by Gasteiger charge is 2.08. The lowest BCUT2D eigenvalue weighted by Crippen LogP contribution is -2.13. The molecule has 0 unspecified atom stereocenters. The van der Waals surface area contributed by atoms with Crippen molar-refractivity contribution in [1.82, 2.24) is 4.57 Å². The Morgan fingerprint density at radius 2 is 1.94 bits per heavy atom. The summed E-state index contributed by atoms with van der Waals surface area (Å²) < 4.78 is 3.18. The van der Waals surface area contributed by atoms with Gasteiger partial charge in [-0.3, -0.25) is 4.79 Å². The predicted octanol–water partition coefficient (Wildman–Crippen LogP) is 3.65. The zero-order chi connectivity index (χ0) is 11.9. The minimum atomic E-state index is 0.0944. The van der Waals surface area contributed by atoms with Gasteiger partial charge < -0.3 is 4.57 Å². The van der Waals surface area contributed by atoms with Gasteiger partial charge in [0.2, 0.25) is 0 Å². The molecule has 0 amide bonds. The van der Waals surface area contributed by atoms with E-state index in [0.29, 0.717) is 6.04 Å². The first kappa shape index (κ1) is 11.4. The van der Waals surface area contributed by atoms with Gasteiger partial charge in [0.15, 0.2) is 5.43 Å². The average Bonchev–Trinajstić information content (AvgIpc) is 2.15. The first-order valence-corrected chi connectivity index (χ1v) is 6.11. The Kier molecular flexibility index (Phi) is 2.89. The van der Waals surface area contributed by atoms with Crippen LogP contribution in [0.4, 0.5) is 0 Å². The summed E-state index contributed by atoms with van der Waals surface area (Å²) in [6.07, 6.45) is 0. The van der Waals surface area contributed by atoms with E-state index in [0.717, 1.165) is 21.1 Å². The summed E-state index contributed by atoms with van der Waals surface area (Å²) in [5.41, 5.74) is 2.09. The highest BCUT2D eigenvalue weighted by Crippen LogP contribution is 2.21. The van der Waals surface area contributed by atoms with Crippen molar-refractivity contribution >= 4 is 26.8 Å². The number of hydrogen-bond donors (Lipinski definition) is 0. The SMILES string of the molecule is Cc1cc(=O)c2ccc(Br)cc2n1C(C)C. The van der Waals surface area contributed by atoms with E-state index in [1.807, 2.05) is 25.1 Å². The molecular formula is C13H14BrNO. The molecule has 0 saturated heterocycles. The van der Waals surface area contributed by atoms with Gasteiger partial charge in [-0.05, 0) is 39.0 Å². The maximum absolute atomic E-state index is 11.9. The van der Waals surface area contributed by atoms with E-state index >= 15 is 0 Å². The van der Waals surface area contributed by atoms with Crippen molar-refractivity contribution < 1.29 is 0 Å². The van der Waals surface area contributed by atoms with Crippen LogP contribution < -0.4 is 5.43 Å². The van der Waals surface area contributed by atoms with Gasteiger partial charge in [-0.25, -0.2) is 0 Å². The second kappa shape index (κ2) is 4.06. The van der Waals surface area contributed by atoms with E-state index in [4.69, 9.17) is 0 Å². The van der Waals surface area contributed by atoms with Crippen molar-refractivity contribution in [1.29, 1.82) is 0 Å². The molecule has 0 atom stereocenters. The first-order chi connectivity index (χ1) is 7.50. The molecular weight excluding hydrogens is 266 g/mol. The van der Waals surface area contributed by atoms with Crippen molar-refractivity contribution in [2.24, 2.45) is 0 Å². The lowest BCUT2D eigenvalue weighted by atomic mass is 10.1. The molecule has 0 saturated carbocycles. The standard InChI is InChI=1S/C13H14BrNO/c1-8(2)15-9(3)6-13(16)11-5-4-10(14)7-12(11)15/h4-8H,1-3H3. The molecule has 3 heteroatoms. The van der Waals surface area contributed by atoms with Crippen LogP contribution in [0.5, 0.6) is 0 Å². The van der Waals surface area contributed by atoms with E-state index in [9.17, 15) is 4.79 Å². The molecule has 0 bridgehead atoms. The largest absolute Gasteiger partial charge is 0.342 e. The molecule has 0 aliphatic rings. The summed E-state index contributed by atoms with van der Waals surface area (Å²) in [6.45, 7) is 6.22. The van der Waals surface area contributed by atoms with Crippen molar-refractivity contribution in [3.8, 4) is 0 Å². The second-order valence-electron chi connectivity index (χ2n) is 4.28. The van der Waals surface area contributed by atoms with Gasteiger partial charge in [-0.15, -0.1) is 0 Å². The van der Waals surface area contributed by atoms with Crippen LogP contribution in [0.1, 0.15) is 25.6 Å². The number of rotatable bonds is 1. The van der Waals surface area contributed by atoms with E-state index in [2.05, 4.69) is 34.3 Å². The summed E-state index contributed by atoms with van der Waals surface area (Å²) in [6, 6.07) is 7.83. The maximum atomic E-state index is 11.9. The van der Waals surface area contributed by atoms with Gasteiger partial charge in [0, 0.05) is 27.7 Å². The molecule has 0 aliphatic heterocycles. The molecule has 2 rings (SSSR count). The minimum Gasteiger partial charge on any atom is -0.342 e. The van der Waals surface area contributed by atoms with Crippen LogP contribution in [0.25, 0.3) is 10.9 Å². The van der Waals surface area contributed by atoms with Crippen LogP contribution in [0.2, 0.25) is 0 Å². The molecule has 0 spiro atoms. The fourth-order valence-electron chi connectivity index (χ4n) is 2.12. The highest BCUT2D eigenvalue weighted by atomic mass is 79.9. The topological polar surface area (TPSA) is 22.0 Å². The van der Waals surface area contributed by atoms with Crippen LogP contribution in [0.15, 0.2) is 33.5 Å². The van der Waals surface area contributed by atoms with Crippen LogP contribution in [0.3, 0.4) is 0 Å². The first-order valence-electron chi connectivity index (χ1n) is 5.32. The van der Waals surface area contributed by atoms with Crippen molar-refractivity contribution in [3.63, 3.8) is 0 Å². The number of hydrogen-bond acceptors (Lipinski definition) is 1. The molecule has 1 heterocycles.